The molecule has 1 aromatic rings. The molecule has 5 heteroatoms. The van der Waals surface area contributed by atoms with Crippen LogP contribution in [0.3, 0.4) is 0 Å². The molecule has 2 aliphatic rings. The third kappa shape index (κ3) is 2.08. The van der Waals surface area contributed by atoms with Crippen LogP contribution in [0.2, 0.25) is 0 Å². The molecule has 0 N–H and O–H groups in total. The highest BCUT2D eigenvalue weighted by Gasteiger charge is 2.41. The molecule has 1 aromatic heterocycles. The van der Waals surface area contributed by atoms with Gasteiger partial charge in [-0.2, -0.15) is 0 Å². The van der Waals surface area contributed by atoms with Gasteiger partial charge in [0.1, 0.15) is 5.82 Å². The second-order valence-corrected chi connectivity index (χ2v) is 5.03. The Labute approximate surface area is 107 Å². The van der Waals surface area contributed by atoms with Crippen molar-refractivity contribution in [2.75, 3.05) is 31.2 Å². The molecule has 2 fully saturated rings. The maximum absolute atomic E-state index is 5.78. The maximum atomic E-state index is 5.78. The Hall–Kier alpha value is -1.20. The van der Waals surface area contributed by atoms with Gasteiger partial charge in [-0.3, -0.25) is 4.98 Å². The average Bonchev–Trinajstić information content (AvgIpc) is 2.81. The summed E-state index contributed by atoms with van der Waals surface area (Å²) < 4.78 is 11.6. The van der Waals surface area contributed by atoms with Gasteiger partial charge in [-0.05, 0) is 20.3 Å². The van der Waals surface area contributed by atoms with Gasteiger partial charge in [-0.25, -0.2) is 4.98 Å². The van der Waals surface area contributed by atoms with Gasteiger partial charge in [-0.1, -0.05) is 0 Å². The van der Waals surface area contributed by atoms with Crippen LogP contribution in [-0.2, 0) is 9.47 Å². The highest BCUT2D eigenvalue weighted by Crippen LogP contribution is 2.31. The summed E-state index contributed by atoms with van der Waals surface area (Å²) in [5.74, 6) is 0.523. The topological polar surface area (TPSA) is 47.5 Å². The van der Waals surface area contributed by atoms with Crippen LogP contribution in [-0.4, -0.2) is 42.1 Å². The van der Waals surface area contributed by atoms with Crippen LogP contribution >= 0.6 is 0 Å². The number of hydrogen-bond acceptors (Lipinski definition) is 5. The number of rotatable bonds is 1. The fourth-order valence-electron chi connectivity index (χ4n) is 2.60. The Kier molecular flexibility index (Phi) is 2.95. The number of piperidine rings is 1. The first kappa shape index (κ1) is 11.9. The monoisotopic (exact) mass is 249 g/mol. The van der Waals surface area contributed by atoms with Crippen molar-refractivity contribution in [3.05, 3.63) is 17.6 Å². The summed E-state index contributed by atoms with van der Waals surface area (Å²) in [4.78, 5) is 11.2. The number of aromatic nitrogens is 2. The molecule has 0 radical (unpaired) electrons. The van der Waals surface area contributed by atoms with Gasteiger partial charge < -0.3 is 14.4 Å². The molecule has 0 saturated carbocycles. The lowest BCUT2D eigenvalue weighted by Crippen LogP contribution is -2.49. The summed E-state index contributed by atoms with van der Waals surface area (Å²) in [7, 11) is 0. The molecule has 0 aliphatic carbocycles. The predicted octanol–water partition coefficient (Wildman–Crippen LogP) is 1.44. The predicted molar refractivity (Wildman–Crippen MR) is 67.6 cm³/mol. The van der Waals surface area contributed by atoms with E-state index in [9.17, 15) is 0 Å². The number of ether oxygens (including phenoxy) is 2. The van der Waals surface area contributed by atoms with Crippen LogP contribution in [0, 0.1) is 13.8 Å². The smallest absolute Gasteiger partial charge is 0.186 e. The quantitative estimate of drug-likeness (QED) is 0.753. The second kappa shape index (κ2) is 4.48. The Morgan fingerprint density at radius 3 is 2.72 bits per heavy atom. The fraction of sp³-hybridized carbons (Fsp3) is 0.692. The molecule has 0 aromatic carbocycles. The van der Waals surface area contributed by atoms with E-state index in [-0.39, 0.29) is 0 Å². The third-order valence-electron chi connectivity index (χ3n) is 3.73. The zero-order valence-electron chi connectivity index (χ0n) is 11.0. The lowest BCUT2D eigenvalue weighted by Gasteiger charge is -2.39. The molecule has 2 aliphatic heterocycles. The average molecular weight is 249 g/mol. The molecule has 18 heavy (non-hydrogen) atoms. The van der Waals surface area contributed by atoms with E-state index in [0.29, 0.717) is 13.2 Å². The minimum Gasteiger partial charge on any atom is -0.350 e. The molecule has 98 valence electrons. The number of anilines is 1. The van der Waals surface area contributed by atoms with Gasteiger partial charge in [0.25, 0.3) is 0 Å². The largest absolute Gasteiger partial charge is 0.350 e. The van der Waals surface area contributed by atoms with Gasteiger partial charge in [0, 0.05) is 13.0 Å². The molecular weight excluding hydrogens is 230 g/mol. The standard InChI is InChI=1S/C13H19N3O2/c1-10-11(2)15-12(8-14-10)16-5-3-4-13(9-16)17-6-7-18-13/h8H,3-7,9H2,1-2H3. The van der Waals surface area contributed by atoms with Crippen LogP contribution < -0.4 is 4.90 Å². The molecule has 0 atom stereocenters. The van der Waals surface area contributed by atoms with E-state index in [1.807, 2.05) is 20.0 Å². The Balaban J connectivity index is 1.81. The van der Waals surface area contributed by atoms with Crippen molar-refractivity contribution in [3.63, 3.8) is 0 Å². The molecule has 0 amide bonds. The molecule has 2 saturated heterocycles. The zero-order valence-corrected chi connectivity index (χ0v) is 11.0. The number of nitrogens with zero attached hydrogens (tertiary/aromatic N) is 3. The molecule has 0 bridgehead atoms. The summed E-state index contributed by atoms with van der Waals surface area (Å²) >= 11 is 0. The Morgan fingerprint density at radius 1 is 1.22 bits per heavy atom. The van der Waals surface area contributed by atoms with Gasteiger partial charge in [0.15, 0.2) is 5.79 Å². The lowest BCUT2D eigenvalue weighted by molar-refractivity contribution is -0.161. The van der Waals surface area contributed by atoms with E-state index in [2.05, 4.69) is 14.9 Å². The first-order valence-electron chi connectivity index (χ1n) is 6.52. The normalized spacial score (nSPS) is 22.7. The summed E-state index contributed by atoms with van der Waals surface area (Å²) in [5, 5.41) is 0. The van der Waals surface area contributed by atoms with E-state index in [1.54, 1.807) is 0 Å². The van der Waals surface area contributed by atoms with Crippen LogP contribution in [0.1, 0.15) is 24.2 Å². The van der Waals surface area contributed by atoms with Crippen LogP contribution in [0.25, 0.3) is 0 Å². The van der Waals surface area contributed by atoms with E-state index in [0.717, 1.165) is 43.1 Å². The highest BCUT2D eigenvalue weighted by molar-refractivity contribution is 5.38. The molecule has 5 nitrogen and oxygen atoms in total. The Bertz CT molecular complexity index is 444. The zero-order chi connectivity index (χ0) is 12.6. The summed E-state index contributed by atoms with van der Waals surface area (Å²) in [6.45, 7) is 7.12. The van der Waals surface area contributed by atoms with Gasteiger partial charge in [0.05, 0.1) is 37.3 Å². The minimum atomic E-state index is -0.404. The van der Waals surface area contributed by atoms with Crippen molar-refractivity contribution in [1.82, 2.24) is 9.97 Å². The summed E-state index contributed by atoms with van der Waals surface area (Å²) in [5.41, 5.74) is 1.97. The molecule has 3 rings (SSSR count). The van der Waals surface area contributed by atoms with E-state index in [1.165, 1.54) is 0 Å². The Morgan fingerprint density at radius 2 is 2.00 bits per heavy atom. The lowest BCUT2D eigenvalue weighted by atomic mass is 10.0. The molecular formula is C13H19N3O2. The van der Waals surface area contributed by atoms with Gasteiger partial charge in [0.2, 0.25) is 0 Å². The van der Waals surface area contributed by atoms with E-state index in [4.69, 9.17) is 9.47 Å². The molecule has 0 unspecified atom stereocenters. The third-order valence-corrected chi connectivity index (χ3v) is 3.73. The van der Waals surface area contributed by atoms with Crippen molar-refractivity contribution in [1.29, 1.82) is 0 Å². The molecule has 3 heterocycles. The SMILES string of the molecule is Cc1ncc(N2CCCC3(C2)OCCO3)nc1C. The van der Waals surface area contributed by atoms with Crippen molar-refractivity contribution in [2.24, 2.45) is 0 Å². The summed E-state index contributed by atoms with van der Waals surface area (Å²) in [6.07, 6.45) is 3.88. The minimum absolute atomic E-state index is 0.404. The molecule has 1 spiro atoms. The van der Waals surface area contributed by atoms with Crippen molar-refractivity contribution in [2.45, 2.75) is 32.5 Å². The van der Waals surface area contributed by atoms with Crippen LogP contribution in [0.4, 0.5) is 5.82 Å². The van der Waals surface area contributed by atoms with Crippen LogP contribution in [0.5, 0.6) is 0 Å². The highest BCUT2D eigenvalue weighted by atomic mass is 16.7. The van der Waals surface area contributed by atoms with E-state index >= 15 is 0 Å². The summed E-state index contributed by atoms with van der Waals surface area (Å²) in [6, 6.07) is 0. The number of hydrogen-bond donors (Lipinski definition) is 0. The van der Waals surface area contributed by atoms with Gasteiger partial charge in [-0.15, -0.1) is 0 Å². The first-order valence-corrected chi connectivity index (χ1v) is 6.52. The first-order chi connectivity index (χ1) is 8.69. The van der Waals surface area contributed by atoms with Crippen molar-refractivity contribution < 1.29 is 9.47 Å². The second-order valence-electron chi connectivity index (χ2n) is 5.03. The van der Waals surface area contributed by atoms with Crippen molar-refractivity contribution in [3.8, 4) is 0 Å². The maximum Gasteiger partial charge on any atom is 0.186 e. The number of aryl methyl sites for hydroxylation is 2. The van der Waals surface area contributed by atoms with E-state index < -0.39 is 5.79 Å². The fourth-order valence-corrected chi connectivity index (χ4v) is 2.60. The van der Waals surface area contributed by atoms with Crippen molar-refractivity contribution >= 4 is 5.82 Å². The van der Waals surface area contributed by atoms with Crippen LogP contribution in [0.15, 0.2) is 6.20 Å². The van der Waals surface area contributed by atoms with Gasteiger partial charge >= 0.3 is 0 Å².